The Labute approximate surface area is 70.8 Å². The van der Waals surface area contributed by atoms with Crippen LogP contribution in [-0.2, 0) is 4.79 Å². The molecule has 1 aliphatic heterocycles. The Bertz CT molecular complexity index is 302. The van der Waals surface area contributed by atoms with Crippen LogP contribution in [0.5, 0.6) is 0 Å². The molecule has 0 aromatic rings. The molecule has 2 rings (SSSR count). The predicted molar refractivity (Wildman–Crippen MR) is 46.8 cm³/mol. The number of hydrogen-bond acceptors (Lipinski definition) is 3. The van der Waals surface area contributed by atoms with Crippen molar-refractivity contribution in [3.8, 4) is 0 Å². The zero-order chi connectivity index (χ0) is 8.55. The lowest BCUT2D eigenvalue weighted by atomic mass is 9.87. The fourth-order valence-corrected chi connectivity index (χ4v) is 1.56. The Morgan fingerprint density at radius 3 is 3.25 bits per heavy atom. The van der Waals surface area contributed by atoms with Gasteiger partial charge in [-0.25, -0.2) is 0 Å². The third-order valence-electron chi connectivity index (χ3n) is 2.21. The van der Waals surface area contributed by atoms with Crippen LogP contribution in [0.4, 0.5) is 0 Å². The zero-order valence-corrected chi connectivity index (χ0v) is 6.82. The van der Waals surface area contributed by atoms with Crippen molar-refractivity contribution >= 4 is 12.0 Å². The second kappa shape index (κ2) is 2.59. The van der Waals surface area contributed by atoms with E-state index < -0.39 is 0 Å². The van der Waals surface area contributed by atoms with Gasteiger partial charge in [0.25, 0.3) is 0 Å². The van der Waals surface area contributed by atoms with Crippen LogP contribution in [0.2, 0.25) is 0 Å². The molecule has 2 atom stereocenters. The minimum atomic E-state index is 0.129. The van der Waals surface area contributed by atoms with Crippen LogP contribution in [0.3, 0.4) is 0 Å². The minimum Gasteiger partial charge on any atom is -0.302 e. The molecule has 0 aromatic carbocycles. The van der Waals surface area contributed by atoms with Crippen molar-refractivity contribution in [3.05, 3.63) is 23.8 Å². The second-order valence-electron chi connectivity index (χ2n) is 3.02. The summed E-state index contributed by atoms with van der Waals surface area (Å²) in [5.41, 5.74) is 3.78. The SMILES string of the molecule is CC(=O)C1=CC=CC2NN=CC12. The number of allylic oxidation sites excluding steroid dienone is 2. The Balaban J connectivity index is 2.32. The average molecular weight is 162 g/mol. The Kier molecular flexibility index (Phi) is 1.57. The lowest BCUT2D eigenvalue weighted by molar-refractivity contribution is -0.113. The van der Waals surface area contributed by atoms with E-state index in [4.69, 9.17) is 0 Å². The predicted octanol–water partition coefficient (Wildman–Crippen LogP) is 0.645. The summed E-state index contributed by atoms with van der Waals surface area (Å²) in [4.78, 5) is 11.1. The first-order valence-corrected chi connectivity index (χ1v) is 3.97. The lowest BCUT2D eigenvalue weighted by Crippen LogP contribution is -2.30. The van der Waals surface area contributed by atoms with E-state index in [0.717, 1.165) is 5.57 Å². The van der Waals surface area contributed by atoms with Gasteiger partial charge in [0.15, 0.2) is 5.78 Å². The van der Waals surface area contributed by atoms with Gasteiger partial charge in [-0.05, 0) is 6.92 Å². The van der Waals surface area contributed by atoms with Crippen LogP contribution in [0.25, 0.3) is 0 Å². The summed E-state index contributed by atoms with van der Waals surface area (Å²) in [6.45, 7) is 1.59. The van der Waals surface area contributed by atoms with Crippen molar-refractivity contribution in [2.75, 3.05) is 0 Å². The van der Waals surface area contributed by atoms with E-state index in [1.807, 2.05) is 18.2 Å². The first-order valence-electron chi connectivity index (χ1n) is 3.97. The normalized spacial score (nSPS) is 30.9. The summed E-state index contributed by atoms with van der Waals surface area (Å²) in [5, 5.41) is 3.94. The fraction of sp³-hybridized carbons (Fsp3) is 0.333. The van der Waals surface area contributed by atoms with Gasteiger partial charge < -0.3 is 5.43 Å². The topological polar surface area (TPSA) is 41.5 Å². The van der Waals surface area contributed by atoms with E-state index in [0.29, 0.717) is 0 Å². The van der Waals surface area contributed by atoms with Crippen LogP contribution >= 0.6 is 0 Å². The monoisotopic (exact) mass is 162 g/mol. The molecule has 2 aliphatic rings. The highest BCUT2D eigenvalue weighted by molar-refractivity contribution is 5.98. The van der Waals surface area contributed by atoms with Crippen LogP contribution in [-0.4, -0.2) is 18.0 Å². The fourth-order valence-electron chi connectivity index (χ4n) is 1.56. The van der Waals surface area contributed by atoms with Gasteiger partial charge in [-0.2, -0.15) is 5.10 Å². The number of carbonyl (C=O) groups is 1. The maximum Gasteiger partial charge on any atom is 0.156 e. The molecule has 0 saturated heterocycles. The van der Waals surface area contributed by atoms with Gasteiger partial charge in [0.05, 0.1) is 6.04 Å². The van der Waals surface area contributed by atoms with Gasteiger partial charge in [-0.15, -0.1) is 0 Å². The van der Waals surface area contributed by atoms with Gasteiger partial charge in [-0.1, -0.05) is 18.2 Å². The van der Waals surface area contributed by atoms with Crippen molar-refractivity contribution in [3.63, 3.8) is 0 Å². The summed E-state index contributed by atoms with van der Waals surface area (Å²) >= 11 is 0. The van der Waals surface area contributed by atoms with Gasteiger partial charge in [0.2, 0.25) is 0 Å². The average Bonchev–Trinajstić information content (AvgIpc) is 2.49. The van der Waals surface area contributed by atoms with E-state index in [2.05, 4.69) is 10.5 Å². The molecule has 0 aromatic heterocycles. The molecule has 2 unspecified atom stereocenters. The number of nitrogens with one attached hydrogen (secondary N) is 1. The van der Waals surface area contributed by atoms with Crippen molar-refractivity contribution in [1.29, 1.82) is 0 Å². The van der Waals surface area contributed by atoms with Crippen molar-refractivity contribution in [2.24, 2.45) is 11.0 Å². The van der Waals surface area contributed by atoms with Crippen LogP contribution in [0, 0.1) is 5.92 Å². The molecule has 1 heterocycles. The summed E-state index contributed by atoms with van der Waals surface area (Å²) in [5.74, 6) is 0.275. The quantitative estimate of drug-likeness (QED) is 0.615. The molecule has 0 bridgehead atoms. The number of carbonyl (C=O) groups excluding carboxylic acids is 1. The van der Waals surface area contributed by atoms with Crippen molar-refractivity contribution in [1.82, 2.24) is 5.43 Å². The number of hydrazone groups is 1. The number of ketones is 1. The van der Waals surface area contributed by atoms with E-state index in [-0.39, 0.29) is 17.7 Å². The standard InChI is InChI=1S/C9H10N2O/c1-6(12)7-3-2-4-9-8(7)5-10-11-9/h2-5,8-9,11H,1H3. The van der Waals surface area contributed by atoms with Gasteiger partial charge in [0.1, 0.15) is 0 Å². The van der Waals surface area contributed by atoms with E-state index in [1.54, 1.807) is 13.1 Å². The van der Waals surface area contributed by atoms with Crippen LogP contribution < -0.4 is 5.43 Å². The van der Waals surface area contributed by atoms with Gasteiger partial charge in [0, 0.05) is 17.7 Å². The van der Waals surface area contributed by atoms with E-state index in [1.165, 1.54) is 0 Å². The Morgan fingerprint density at radius 2 is 2.50 bits per heavy atom. The number of hydrogen-bond donors (Lipinski definition) is 1. The molecule has 1 N–H and O–H groups in total. The summed E-state index contributed by atoms with van der Waals surface area (Å²) in [6, 6.07) is 0.189. The number of fused-ring (bicyclic) bond motifs is 1. The maximum atomic E-state index is 11.1. The molecular formula is C9H10N2O. The van der Waals surface area contributed by atoms with Gasteiger partial charge >= 0.3 is 0 Å². The summed E-state index contributed by atoms with van der Waals surface area (Å²) in [6.07, 6.45) is 7.58. The first-order chi connectivity index (χ1) is 5.79. The molecule has 0 radical (unpaired) electrons. The molecule has 0 fully saturated rings. The van der Waals surface area contributed by atoms with Gasteiger partial charge in [-0.3, -0.25) is 4.79 Å². The highest BCUT2D eigenvalue weighted by atomic mass is 16.1. The molecule has 3 nitrogen and oxygen atoms in total. The first kappa shape index (κ1) is 7.28. The third kappa shape index (κ3) is 0.978. The minimum absolute atomic E-state index is 0.129. The summed E-state index contributed by atoms with van der Waals surface area (Å²) in [7, 11) is 0. The molecule has 0 saturated carbocycles. The summed E-state index contributed by atoms with van der Waals surface area (Å²) < 4.78 is 0. The molecular weight excluding hydrogens is 152 g/mol. The molecule has 12 heavy (non-hydrogen) atoms. The largest absolute Gasteiger partial charge is 0.302 e. The van der Waals surface area contributed by atoms with E-state index in [9.17, 15) is 4.79 Å². The molecule has 0 amide bonds. The van der Waals surface area contributed by atoms with E-state index >= 15 is 0 Å². The second-order valence-corrected chi connectivity index (χ2v) is 3.02. The Hall–Kier alpha value is -1.38. The molecule has 0 spiro atoms. The maximum absolute atomic E-state index is 11.1. The van der Waals surface area contributed by atoms with Crippen LogP contribution in [0.1, 0.15) is 6.92 Å². The number of rotatable bonds is 1. The smallest absolute Gasteiger partial charge is 0.156 e. The molecule has 62 valence electrons. The van der Waals surface area contributed by atoms with Crippen LogP contribution in [0.15, 0.2) is 28.9 Å². The van der Waals surface area contributed by atoms with Crippen molar-refractivity contribution < 1.29 is 4.79 Å². The molecule has 3 heteroatoms. The highest BCUT2D eigenvalue weighted by Crippen LogP contribution is 2.22. The highest BCUT2D eigenvalue weighted by Gasteiger charge is 2.28. The molecule has 1 aliphatic carbocycles. The van der Waals surface area contributed by atoms with Crippen molar-refractivity contribution in [2.45, 2.75) is 13.0 Å². The number of nitrogens with zero attached hydrogens (tertiary/aromatic N) is 1. The third-order valence-corrected chi connectivity index (χ3v) is 2.21. The Morgan fingerprint density at radius 1 is 1.67 bits per heavy atom. The lowest BCUT2D eigenvalue weighted by Gasteiger charge is -2.18. The number of Topliss-reactive ketones (excluding diaryl/α,β-unsaturated/α-hetero) is 1. The zero-order valence-electron chi connectivity index (χ0n) is 6.82.